The first-order chi connectivity index (χ1) is 6.49. The minimum absolute atomic E-state index is 0.0961. The molecule has 0 radical (unpaired) electrons. The van der Waals surface area contributed by atoms with Crippen LogP contribution >= 0.6 is 22.6 Å². The lowest BCUT2D eigenvalue weighted by molar-refractivity contribution is 0.362. The Labute approximate surface area is 94.8 Å². The highest BCUT2D eigenvalue weighted by atomic mass is 127. The van der Waals surface area contributed by atoms with Crippen molar-refractivity contribution in [2.24, 2.45) is 5.73 Å². The van der Waals surface area contributed by atoms with E-state index in [2.05, 4.69) is 9.97 Å². The van der Waals surface area contributed by atoms with E-state index in [0.29, 0.717) is 3.57 Å². The summed E-state index contributed by atoms with van der Waals surface area (Å²) in [4.78, 5) is 20.0. The Bertz CT molecular complexity index is 406. The van der Waals surface area contributed by atoms with Crippen molar-refractivity contribution in [1.82, 2.24) is 9.97 Å². The molecule has 1 saturated heterocycles. The van der Waals surface area contributed by atoms with Crippen molar-refractivity contribution in [2.45, 2.75) is 12.5 Å². The fraction of sp³-hybridized carbons (Fsp3) is 0.500. The lowest BCUT2D eigenvalue weighted by Gasteiger charge is -2.46. The molecule has 5 nitrogen and oxygen atoms in total. The number of hydrogen-bond acceptors (Lipinski definition) is 4. The Balaban J connectivity index is 2.27. The number of aromatic nitrogens is 2. The molecule has 1 aliphatic rings. The number of nitrogens with one attached hydrogen (secondary N) is 1. The number of anilines is 1. The van der Waals surface area contributed by atoms with Gasteiger partial charge in [-0.1, -0.05) is 0 Å². The van der Waals surface area contributed by atoms with E-state index in [9.17, 15) is 4.79 Å². The van der Waals surface area contributed by atoms with Gasteiger partial charge in [0.25, 0.3) is 5.56 Å². The first kappa shape index (κ1) is 9.91. The highest BCUT2D eigenvalue weighted by molar-refractivity contribution is 14.1. The molecule has 0 amide bonds. The Morgan fingerprint density at radius 1 is 1.71 bits per heavy atom. The third-order valence-corrected chi connectivity index (χ3v) is 3.15. The van der Waals surface area contributed by atoms with Gasteiger partial charge in [0.2, 0.25) is 0 Å². The zero-order valence-electron chi connectivity index (χ0n) is 7.75. The molecular weight excluding hydrogens is 295 g/mol. The van der Waals surface area contributed by atoms with Crippen LogP contribution in [0, 0.1) is 3.57 Å². The molecule has 0 bridgehead atoms. The van der Waals surface area contributed by atoms with E-state index >= 15 is 0 Å². The molecular formula is C8H11IN4O. The number of nitrogens with two attached hydrogens (primary N) is 1. The van der Waals surface area contributed by atoms with Gasteiger partial charge in [-0.25, -0.2) is 4.98 Å². The van der Waals surface area contributed by atoms with Crippen molar-refractivity contribution in [2.75, 3.05) is 18.0 Å². The van der Waals surface area contributed by atoms with Crippen molar-refractivity contribution in [3.63, 3.8) is 0 Å². The largest absolute Gasteiger partial charge is 0.352 e. The van der Waals surface area contributed by atoms with E-state index in [1.807, 2.05) is 34.4 Å². The number of hydrogen-bond donors (Lipinski definition) is 2. The summed E-state index contributed by atoms with van der Waals surface area (Å²) in [5.41, 5.74) is 5.64. The maximum Gasteiger partial charge on any atom is 0.266 e. The Hall–Kier alpha value is -0.630. The van der Waals surface area contributed by atoms with E-state index in [1.165, 1.54) is 6.33 Å². The van der Waals surface area contributed by atoms with E-state index in [0.717, 1.165) is 18.9 Å². The Morgan fingerprint density at radius 2 is 2.36 bits per heavy atom. The quantitative estimate of drug-likeness (QED) is 0.711. The molecule has 6 heteroatoms. The van der Waals surface area contributed by atoms with Gasteiger partial charge in [0.15, 0.2) is 0 Å². The average molecular weight is 306 g/mol. The van der Waals surface area contributed by atoms with E-state index in [1.54, 1.807) is 0 Å². The summed E-state index contributed by atoms with van der Waals surface area (Å²) in [6, 6.07) is 0. The van der Waals surface area contributed by atoms with E-state index in [-0.39, 0.29) is 11.1 Å². The maximum atomic E-state index is 11.3. The van der Waals surface area contributed by atoms with Crippen LogP contribution in [0.5, 0.6) is 0 Å². The molecule has 0 atom stereocenters. The standard InChI is InChI=1S/C8H11IN4O/c1-8(10)2-13(3-8)6-5(9)7(14)12-4-11-6/h4H,2-3,10H2,1H3,(H,11,12,14). The van der Waals surface area contributed by atoms with E-state index in [4.69, 9.17) is 5.73 Å². The van der Waals surface area contributed by atoms with Crippen molar-refractivity contribution < 1.29 is 0 Å². The van der Waals surface area contributed by atoms with Crippen LogP contribution in [0.25, 0.3) is 0 Å². The second-order valence-electron chi connectivity index (χ2n) is 3.88. The zero-order valence-corrected chi connectivity index (χ0v) is 9.91. The van der Waals surface area contributed by atoms with Crippen LogP contribution in [-0.2, 0) is 0 Å². The van der Waals surface area contributed by atoms with Crippen LogP contribution in [0.1, 0.15) is 6.92 Å². The predicted octanol–water partition coefficient (Wildman–Crippen LogP) is -0.0881. The van der Waals surface area contributed by atoms with E-state index < -0.39 is 0 Å². The highest BCUT2D eigenvalue weighted by Gasteiger charge is 2.36. The molecule has 76 valence electrons. The van der Waals surface area contributed by atoms with Gasteiger partial charge < -0.3 is 15.6 Å². The SMILES string of the molecule is CC1(N)CN(c2nc[nH]c(=O)c2I)C1. The third kappa shape index (κ3) is 1.63. The minimum atomic E-state index is -0.145. The molecule has 0 aliphatic carbocycles. The molecule has 14 heavy (non-hydrogen) atoms. The van der Waals surface area contributed by atoms with Crippen molar-refractivity contribution in [1.29, 1.82) is 0 Å². The molecule has 2 heterocycles. The van der Waals surface area contributed by atoms with Crippen LogP contribution < -0.4 is 16.2 Å². The Kier molecular flexibility index (Phi) is 2.26. The summed E-state index contributed by atoms with van der Waals surface area (Å²) in [6.45, 7) is 3.49. The molecule has 1 aliphatic heterocycles. The molecule has 1 fully saturated rings. The molecule has 0 spiro atoms. The van der Waals surface area contributed by atoms with Gasteiger partial charge in [-0.05, 0) is 29.5 Å². The van der Waals surface area contributed by atoms with Crippen LogP contribution in [0.15, 0.2) is 11.1 Å². The van der Waals surface area contributed by atoms with Gasteiger partial charge in [-0.15, -0.1) is 0 Å². The van der Waals surface area contributed by atoms with Gasteiger partial charge in [-0.3, -0.25) is 4.79 Å². The predicted molar refractivity (Wildman–Crippen MR) is 62.4 cm³/mol. The van der Waals surface area contributed by atoms with Crippen molar-refractivity contribution in [3.8, 4) is 0 Å². The lowest BCUT2D eigenvalue weighted by atomic mass is 9.94. The topological polar surface area (TPSA) is 75.0 Å². The minimum Gasteiger partial charge on any atom is -0.352 e. The number of aromatic amines is 1. The zero-order chi connectivity index (χ0) is 10.3. The smallest absolute Gasteiger partial charge is 0.266 e. The molecule has 3 N–H and O–H groups in total. The fourth-order valence-corrected chi connectivity index (χ4v) is 2.21. The fourth-order valence-electron chi connectivity index (χ4n) is 1.57. The number of rotatable bonds is 1. The Morgan fingerprint density at radius 3 is 2.93 bits per heavy atom. The summed E-state index contributed by atoms with van der Waals surface area (Å²) >= 11 is 2.00. The highest BCUT2D eigenvalue weighted by Crippen LogP contribution is 2.25. The summed E-state index contributed by atoms with van der Waals surface area (Å²) in [6.07, 6.45) is 1.42. The van der Waals surface area contributed by atoms with Gasteiger partial charge in [0.1, 0.15) is 9.39 Å². The van der Waals surface area contributed by atoms with Gasteiger partial charge >= 0.3 is 0 Å². The van der Waals surface area contributed by atoms with Crippen LogP contribution in [0.3, 0.4) is 0 Å². The van der Waals surface area contributed by atoms with Crippen LogP contribution in [0.2, 0.25) is 0 Å². The molecule has 2 rings (SSSR count). The molecule has 0 saturated carbocycles. The first-order valence-electron chi connectivity index (χ1n) is 4.27. The number of H-pyrrole nitrogens is 1. The third-order valence-electron chi connectivity index (χ3n) is 2.18. The molecule has 1 aromatic rings. The second-order valence-corrected chi connectivity index (χ2v) is 4.96. The number of nitrogens with zero attached hydrogens (tertiary/aromatic N) is 2. The van der Waals surface area contributed by atoms with Gasteiger partial charge in [-0.2, -0.15) is 0 Å². The normalized spacial score (nSPS) is 19.2. The van der Waals surface area contributed by atoms with Gasteiger partial charge in [0.05, 0.1) is 6.33 Å². The summed E-state index contributed by atoms with van der Waals surface area (Å²) in [7, 11) is 0. The maximum absolute atomic E-state index is 11.3. The van der Waals surface area contributed by atoms with Crippen molar-refractivity contribution in [3.05, 3.63) is 20.3 Å². The van der Waals surface area contributed by atoms with Crippen LogP contribution in [0.4, 0.5) is 5.82 Å². The molecule has 0 aromatic carbocycles. The van der Waals surface area contributed by atoms with Crippen molar-refractivity contribution >= 4 is 28.4 Å². The summed E-state index contributed by atoms with van der Waals surface area (Å²) < 4.78 is 0.626. The summed E-state index contributed by atoms with van der Waals surface area (Å²) in [5.74, 6) is 0.734. The first-order valence-corrected chi connectivity index (χ1v) is 5.34. The average Bonchev–Trinajstić information content (AvgIpc) is 2.06. The second kappa shape index (κ2) is 3.20. The van der Waals surface area contributed by atoms with Gasteiger partial charge in [0, 0.05) is 18.6 Å². The monoisotopic (exact) mass is 306 g/mol. The number of halogens is 1. The summed E-state index contributed by atoms with van der Waals surface area (Å²) in [5, 5.41) is 0. The lowest BCUT2D eigenvalue weighted by Crippen LogP contribution is -2.66. The molecule has 0 unspecified atom stereocenters. The van der Waals surface area contributed by atoms with Crippen LogP contribution in [-0.4, -0.2) is 28.6 Å². The molecule has 1 aromatic heterocycles.